The molecule has 94 valence electrons. The van der Waals surface area contributed by atoms with E-state index in [4.69, 9.17) is 8.85 Å². The lowest BCUT2D eigenvalue weighted by Gasteiger charge is -2.34. The zero-order chi connectivity index (χ0) is 14.8. The second-order valence-electron chi connectivity index (χ2n) is 4.89. The third-order valence-corrected chi connectivity index (χ3v) is 2.28. The van der Waals surface area contributed by atoms with Gasteiger partial charge in [-0.05, 0) is 27.2 Å². The number of ether oxygens (including phenoxy) is 2. The van der Waals surface area contributed by atoms with E-state index in [2.05, 4.69) is 4.74 Å². The number of likely N-dealkylation sites (tertiary alicyclic amines) is 1. The molecular weight excluding hydrogens is 213 g/mol. The van der Waals surface area contributed by atoms with Gasteiger partial charge in [0.05, 0.1) is 16.8 Å². The van der Waals surface area contributed by atoms with Crippen LogP contribution in [0.25, 0.3) is 0 Å². The summed E-state index contributed by atoms with van der Waals surface area (Å²) in [5.41, 5.74) is -0.644. The summed E-state index contributed by atoms with van der Waals surface area (Å²) in [7, 11) is -2.62. The Balaban J connectivity index is 2.52. The molecule has 0 aromatic rings. The van der Waals surface area contributed by atoms with Gasteiger partial charge in [-0.25, -0.2) is 9.18 Å². The van der Waals surface area contributed by atoms with Crippen molar-refractivity contribution in [1.82, 2.24) is 4.90 Å². The molecule has 0 bridgehead atoms. The van der Waals surface area contributed by atoms with Gasteiger partial charge in [0.2, 0.25) is 0 Å². The normalized spacial score (nSPS) is 30.2. The molecule has 0 spiro atoms. The number of alkyl halides is 1. The van der Waals surface area contributed by atoms with Crippen molar-refractivity contribution in [3.8, 4) is 0 Å². The zero-order valence-corrected chi connectivity index (χ0v) is 9.83. The second kappa shape index (κ2) is 4.99. The van der Waals surface area contributed by atoms with E-state index in [0.29, 0.717) is 0 Å². The standard InChI is InChI=1S/C11H20FNO3/c1-11(2,3)16-10(14)13-6-5-9(15-4)8(12)7-13/h8-9H,5-7H2,1-4H3/t8-,9+/m1/s1/i4D3. The van der Waals surface area contributed by atoms with Crippen molar-refractivity contribution in [2.75, 3.05) is 20.1 Å². The summed E-state index contributed by atoms with van der Waals surface area (Å²) in [6, 6.07) is 0. The van der Waals surface area contributed by atoms with E-state index in [1.807, 2.05) is 0 Å². The SMILES string of the molecule is [2H]C([2H])([2H])O[C@H]1CCN(C(=O)OC(C)(C)C)C[C@H]1F. The summed E-state index contributed by atoms with van der Waals surface area (Å²) < 4.78 is 44.4. The largest absolute Gasteiger partial charge is 0.444 e. The summed E-state index contributed by atoms with van der Waals surface area (Å²) in [5.74, 6) is 0. The average molecular weight is 236 g/mol. The molecule has 0 aliphatic carbocycles. The molecule has 0 saturated carbocycles. The van der Waals surface area contributed by atoms with Crippen LogP contribution in [0.4, 0.5) is 9.18 Å². The van der Waals surface area contributed by atoms with Crippen molar-refractivity contribution in [3.63, 3.8) is 0 Å². The predicted molar refractivity (Wildman–Crippen MR) is 58.1 cm³/mol. The van der Waals surface area contributed by atoms with E-state index in [0.717, 1.165) is 0 Å². The van der Waals surface area contributed by atoms with E-state index >= 15 is 0 Å². The molecule has 1 rings (SSSR count). The van der Waals surface area contributed by atoms with E-state index in [9.17, 15) is 9.18 Å². The molecule has 0 N–H and O–H groups in total. The minimum absolute atomic E-state index is 0.138. The fourth-order valence-corrected chi connectivity index (χ4v) is 1.51. The van der Waals surface area contributed by atoms with E-state index in [1.54, 1.807) is 20.8 Å². The molecule has 0 aromatic heterocycles. The molecule has 16 heavy (non-hydrogen) atoms. The smallest absolute Gasteiger partial charge is 0.410 e. The van der Waals surface area contributed by atoms with Crippen LogP contribution >= 0.6 is 0 Å². The maximum atomic E-state index is 13.8. The first-order valence-electron chi connectivity index (χ1n) is 6.78. The Morgan fingerprint density at radius 1 is 1.56 bits per heavy atom. The van der Waals surface area contributed by atoms with Gasteiger partial charge in [0.15, 0.2) is 0 Å². The van der Waals surface area contributed by atoms with E-state index in [1.165, 1.54) is 4.90 Å². The van der Waals surface area contributed by atoms with Crippen LogP contribution in [-0.4, -0.2) is 49.0 Å². The van der Waals surface area contributed by atoms with Gasteiger partial charge >= 0.3 is 6.09 Å². The second-order valence-corrected chi connectivity index (χ2v) is 4.89. The van der Waals surface area contributed by atoms with Crippen molar-refractivity contribution in [2.45, 2.75) is 45.1 Å². The van der Waals surface area contributed by atoms with Gasteiger partial charge in [0.1, 0.15) is 11.8 Å². The number of piperidine rings is 1. The summed E-state index contributed by atoms with van der Waals surface area (Å²) >= 11 is 0. The van der Waals surface area contributed by atoms with Crippen molar-refractivity contribution >= 4 is 6.09 Å². The maximum absolute atomic E-state index is 13.8. The van der Waals surface area contributed by atoms with Gasteiger partial charge in [-0.1, -0.05) is 0 Å². The maximum Gasteiger partial charge on any atom is 0.410 e. The van der Waals surface area contributed by atoms with Crippen LogP contribution in [0.2, 0.25) is 0 Å². The first-order valence-corrected chi connectivity index (χ1v) is 5.28. The molecule has 2 atom stereocenters. The molecule has 1 aliphatic heterocycles. The number of amides is 1. The Bertz CT molecular complexity index is 330. The highest BCUT2D eigenvalue weighted by molar-refractivity contribution is 5.68. The van der Waals surface area contributed by atoms with Crippen LogP contribution in [-0.2, 0) is 9.47 Å². The lowest BCUT2D eigenvalue weighted by molar-refractivity contribution is -0.0340. The molecule has 1 saturated heterocycles. The molecule has 0 aromatic carbocycles. The van der Waals surface area contributed by atoms with Crippen LogP contribution in [0.5, 0.6) is 0 Å². The number of carbonyl (C=O) groups excluding carboxylic acids is 1. The van der Waals surface area contributed by atoms with Gasteiger partial charge < -0.3 is 14.4 Å². The summed E-state index contributed by atoms with van der Waals surface area (Å²) in [6.07, 6.45) is -2.99. The molecular formula is C11H20FNO3. The highest BCUT2D eigenvalue weighted by atomic mass is 19.1. The molecule has 1 fully saturated rings. The van der Waals surface area contributed by atoms with Crippen LogP contribution in [0.3, 0.4) is 0 Å². The van der Waals surface area contributed by atoms with Crippen molar-refractivity contribution in [2.24, 2.45) is 0 Å². The quantitative estimate of drug-likeness (QED) is 0.698. The fraction of sp³-hybridized carbons (Fsp3) is 0.909. The van der Waals surface area contributed by atoms with Crippen molar-refractivity contribution in [1.29, 1.82) is 0 Å². The first kappa shape index (κ1) is 9.22. The summed E-state index contributed by atoms with van der Waals surface area (Å²) in [4.78, 5) is 13.0. The number of hydrogen-bond donors (Lipinski definition) is 0. The van der Waals surface area contributed by atoms with Gasteiger partial charge in [0.25, 0.3) is 0 Å². The van der Waals surface area contributed by atoms with E-state index < -0.39 is 31.0 Å². The summed E-state index contributed by atoms with van der Waals surface area (Å²) in [5, 5.41) is 0. The number of methoxy groups -OCH3 is 1. The van der Waals surface area contributed by atoms with Gasteiger partial charge in [-0.2, -0.15) is 0 Å². The predicted octanol–water partition coefficient (Wildman–Crippen LogP) is 1.98. The zero-order valence-electron chi connectivity index (χ0n) is 12.8. The number of hydrogen-bond acceptors (Lipinski definition) is 3. The Labute approximate surface area is 99.9 Å². The van der Waals surface area contributed by atoms with Crippen LogP contribution < -0.4 is 0 Å². The lowest BCUT2D eigenvalue weighted by Crippen LogP contribution is -2.49. The minimum atomic E-state index is -2.62. The average Bonchev–Trinajstić information content (AvgIpc) is 2.16. The molecule has 0 radical (unpaired) electrons. The molecule has 1 aliphatic rings. The van der Waals surface area contributed by atoms with Gasteiger partial charge in [-0.15, -0.1) is 0 Å². The number of nitrogens with zero attached hydrogens (tertiary/aromatic N) is 1. The summed E-state index contributed by atoms with van der Waals surface area (Å²) in [6.45, 7) is 5.18. The number of halogens is 1. The molecule has 1 amide bonds. The van der Waals surface area contributed by atoms with Crippen LogP contribution in [0.15, 0.2) is 0 Å². The van der Waals surface area contributed by atoms with Crippen molar-refractivity contribution < 1.29 is 22.8 Å². The number of carbonyl (C=O) groups is 1. The first-order chi connectivity index (χ1) is 8.48. The third-order valence-electron chi connectivity index (χ3n) is 2.28. The minimum Gasteiger partial charge on any atom is -0.444 e. The Kier molecular flexibility index (Phi) is 2.88. The van der Waals surface area contributed by atoms with Gasteiger partial charge in [0, 0.05) is 13.6 Å². The van der Waals surface area contributed by atoms with E-state index in [-0.39, 0.29) is 19.5 Å². The lowest BCUT2D eigenvalue weighted by atomic mass is 10.1. The van der Waals surface area contributed by atoms with Crippen LogP contribution in [0.1, 0.15) is 31.3 Å². The molecule has 1 heterocycles. The van der Waals surface area contributed by atoms with Crippen molar-refractivity contribution in [3.05, 3.63) is 0 Å². The molecule has 0 unspecified atom stereocenters. The monoisotopic (exact) mass is 236 g/mol. The van der Waals surface area contributed by atoms with Crippen LogP contribution in [0, 0.1) is 0 Å². The Hall–Kier alpha value is -0.840. The Morgan fingerprint density at radius 3 is 2.75 bits per heavy atom. The third kappa shape index (κ3) is 3.63. The highest BCUT2D eigenvalue weighted by Crippen LogP contribution is 2.19. The number of rotatable bonds is 1. The fourth-order valence-electron chi connectivity index (χ4n) is 1.51. The molecule has 4 nitrogen and oxygen atoms in total. The highest BCUT2D eigenvalue weighted by Gasteiger charge is 2.33. The van der Waals surface area contributed by atoms with Gasteiger partial charge in [-0.3, -0.25) is 0 Å². The molecule has 5 heteroatoms. The Morgan fingerprint density at radius 2 is 2.25 bits per heavy atom. The topological polar surface area (TPSA) is 38.8 Å².